The van der Waals surface area contributed by atoms with Gasteiger partial charge in [-0.05, 0) is 48.6 Å². The van der Waals surface area contributed by atoms with Crippen molar-refractivity contribution in [2.45, 2.75) is 52.6 Å². The molecule has 0 aliphatic heterocycles. The van der Waals surface area contributed by atoms with E-state index in [1.807, 2.05) is 37.3 Å². The van der Waals surface area contributed by atoms with Crippen molar-refractivity contribution < 1.29 is 14.3 Å². The number of hydrogen-bond donors (Lipinski definition) is 1. The van der Waals surface area contributed by atoms with Crippen molar-refractivity contribution in [2.24, 2.45) is 5.92 Å². The van der Waals surface area contributed by atoms with E-state index in [0.29, 0.717) is 49.9 Å². The van der Waals surface area contributed by atoms with Crippen LogP contribution in [0.25, 0.3) is 0 Å². The molecule has 2 rings (SSSR count). The number of halogens is 1. The van der Waals surface area contributed by atoms with E-state index >= 15 is 0 Å². The molecule has 2 aromatic carbocycles. The molecule has 1 N–H and O–H groups in total. The third-order valence-electron chi connectivity index (χ3n) is 4.88. The molecule has 0 bridgehead atoms. The van der Waals surface area contributed by atoms with E-state index in [1.54, 1.807) is 29.2 Å². The van der Waals surface area contributed by atoms with Crippen molar-refractivity contribution in [1.82, 2.24) is 10.2 Å². The molecular formula is C25H33ClN2O3. The van der Waals surface area contributed by atoms with Crippen molar-refractivity contribution in [3.63, 3.8) is 0 Å². The highest BCUT2D eigenvalue weighted by Gasteiger charge is 2.28. The maximum absolute atomic E-state index is 13.1. The minimum Gasteiger partial charge on any atom is -0.494 e. The summed E-state index contributed by atoms with van der Waals surface area (Å²) in [6.07, 6.45) is 1.44. The van der Waals surface area contributed by atoms with Gasteiger partial charge in [0.1, 0.15) is 11.8 Å². The standard InChI is InChI=1S/C25H33ClN2O3/c1-4-23(25(30)27-17-19(2)3)28(18-20-9-6-5-7-10-20)24(29)11-8-16-31-22-14-12-21(26)13-15-22/h5-7,9-10,12-15,19,23H,4,8,11,16-18H2,1-3H3,(H,27,30). The Bertz CT molecular complexity index is 809. The molecule has 2 aromatic rings. The van der Waals surface area contributed by atoms with Gasteiger partial charge in [0.2, 0.25) is 11.8 Å². The number of carbonyl (C=O) groups excluding carboxylic acids is 2. The SMILES string of the molecule is CCC(C(=O)NCC(C)C)N(Cc1ccccc1)C(=O)CCCOc1ccc(Cl)cc1. The van der Waals surface area contributed by atoms with Crippen LogP contribution >= 0.6 is 11.6 Å². The van der Waals surface area contributed by atoms with Crippen molar-refractivity contribution >= 4 is 23.4 Å². The molecule has 0 fully saturated rings. The van der Waals surface area contributed by atoms with Crippen LogP contribution in [0.4, 0.5) is 0 Å². The van der Waals surface area contributed by atoms with Gasteiger partial charge in [-0.25, -0.2) is 0 Å². The summed E-state index contributed by atoms with van der Waals surface area (Å²) in [4.78, 5) is 27.6. The van der Waals surface area contributed by atoms with Crippen LogP contribution in [0.2, 0.25) is 5.02 Å². The van der Waals surface area contributed by atoms with Crippen LogP contribution < -0.4 is 10.1 Å². The first-order chi connectivity index (χ1) is 14.9. The van der Waals surface area contributed by atoms with Gasteiger partial charge in [0, 0.05) is 24.5 Å². The lowest BCUT2D eigenvalue weighted by atomic mass is 10.1. The lowest BCUT2D eigenvalue weighted by Gasteiger charge is -2.31. The zero-order chi connectivity index (χ0) is 22.6. The molecule has 0 spiro atoms. The van der Waals surface area contributed by atoms with Crippen molar-refractivity contribution in [1.29, 1.82) is 0 Å². The van der Waals surface area contributed by atoms with Gasteiger partial charge in [0.05, 0.1) is 6.61 Å². The quantitative estimate of drug-likeness (QED) is 0.464. The normalized spacial score (nSPS) is 11.8. The third kappa shape index (κ3) is 8.62. The fourth-order valence-corrected chi connectivity index (χ4v) is 3.34. The number of nitrogens with one attached hydrogen (secondary N) is 1. The molecule has 1 atom stereocenters. The molecular weight excluding hydrogens is 412 g/mol. The Kier molecular flexibility index (Phi) is 10.4. The van der Waals surface area contributed by atoms with Gasteiger partial charge in [-0.2, -0.15) is 0 Å². The molecule has 0 aliphatic rings. The van der Waals surface area contributed by atoms with Crippen LogP contribution in [0.3, 0.4) is 0 Å². The summed E-state index contributed by atoms with van der Waals surface area (Å²) in [5.41, 5.74) is 1.00. The number of nitrogens with zero attached hydrogens (tertiary/aromatic N) is 1. The molecule has 5 nitrogen and oxygen atoms in total. The summed E-state index contributed by atoms with van der Waals surface area (Å²) in [6, 6.07) is 16.4. The molecule has 168 valence electrons. The average molecular weight is 445 g/mol. The average Bonchev–Trinajstić information content (AvgIpc) is 2.77. The number of hydrogen-bond acceptors (Lipinski definition) is 3. The maximum atomic E-state index is 13.1. The molecule has 0 heterocycles. The van der Waals surface area contributed by atoms with Crippen LogP contribution in [0.1, 0.15) is 45.6 Å². The number of rotatable bonds is 12. The van der Waals surface area contributed by atoms with Crippen molar-refractivity contribution in [2.75, 3.05) is 13.2 Å². The maximum Gasteiger partial charge on any atom is 0.242 e. The van der Waals surface area contributed by atoms with Crippen LogP contribution in [-0.4, -0.2) is 35.9 Å². The van der Waals surface area contributed by atoms with Gasteiger partial charge in [0.25, 0.3) is 0 Å². The Morgan fingerprint density at radius 3 is 2.35 bits per heavy atom. The second-order valence-electron chi connectivity index (χ2n) is 7.98. The number of benzene rings is 2. The molecule has 0 saturated carbocycles. The predicted octanol–water partition coefficient (Wildman–Crippen LogP) is 5.08. The second-order valence-corrected chi connectivity index (χ2v) is 8.41. The van der Waals surface area contributed by atoms with Crippen LogP contribution in [0.15, 0.2) is 54.6 Å². The minimum atomic E-state index is -0.497. The minimum absolute atomic E-state index is 0.0462. The number of carbonyl (C=O) groups is 2. The summed E-state index contributed by atoms with van der Waals surface area (Å²) in [6.45, 7) is 7.46. The summed E-state index contributed by atoms with van der Waals surface area (Å²) in [5.74, 6) is 0.926. The van der Waals surface area contributed by atoms with Crippen LogP contribution in [-0.2, 0) is 16.1 Å². The van der Waals surface area contributed by atoms with Gasteiger partial charge < -0.3 is 15.0 Å². The Labute approximate surface area is 190 Å². The zero-order valence-corrected chi connectivity index (χ0v) is 19.4. The second kappa shape index (κ2) is 13.0. The van der Waals surface area contributed by atoms with E-state index < -0.39 is 6.04 Å². The highest BCUT2D eigenvalue weighted by atomic mass is 35.5. The molecule has 6 heteroatoms. The number of amides is 2. The smallest absolute Gasteiger partial charge is 0.242 e. The molecule has 1 unspecified atom stereocenters. The largest absolute Gasteiger partial charge is 0.494 e. The molecule has 0 aliphatic carbocycles. The van der Waals surface area contributed by atoms with E-state index in [-0.39, 0.29) is 11.8 Å². The highest BCUT2D eigenvalue weighted by Crippen LogP contribution is 2.17. The first kappa shape index (κ1) is 24.7. The summed E-state index contributed by atoms with van der Waals surface area (Å²) in [7, 11) is 0. The lowest BCUT2D eigenvalue weighted by Crippen LogP contribution is -2.49. The topological polar surface area (TPSA) is 58.6 Å². The fourth-order valence-electron chi connectivity index (χ4n) is 3.21. The Hall–Kier alpha value is -2.53. The fraction of sp³-hybridized carbons (Fsp3) is 0.440. The van der Waals surface area contributed by atoms with Gasteiger partial charge in [-0.1, -0.05) is 62.7 Å². The third-order valence-corrected chi connectivity index (χ3v) is 5.14. The predicted molar refractivity (Wildman–Crippen MR) is 125 cm³/mol. The number of ether oxygens (including phenoxy) is 1. The van der Waals surface area contributed by atoms with E-state index in [0.717, 1.165) is 11.3 Å². The van der Waals surface area contributed by atoms with E-state index in [4.69, 9.17) is 16.3 Å². The summed E-state index contributed by atoms with van der Waals surface area (Å²) >= 11 is 5.89. The van der Waals surface area contributed by atoms with Crippen LogP contribution in [0.5, 0.6) is 5.75 Å². The molecule has 31 heavy (non-hydrogen) atoms. The monoisotopic (exact) mass is 444 g/mol. The Balaban J connectivity index is 2.00. The first-order valence-corrected chi connectivity index (χ1v) is 11.3. The van der Waals surface area contributed by atoms with Gasteiger partial charge in [-0.15, -0.1) is 0 Å². The summed E-state index contributed by atoms with van der Waals surface area (Å²) < 4.78 is 5.70. The van der Waals surface area contributed by atoms with E-state index in [1.165, 1.54) is 0 Å². The van der Waals surface area contributed by atoms with Crippen molar-refractivity contribution in [3.8, 4) is 5.75 Å². The Morgan fingerprint density at radius 2 is 1.74 bits per heavy atom. The first-order valence-electron chi connectivity index (χ1n) is 10.9. The van der Waals surface area contributed by atoms with E-state index in [9.17, 15) is 9.59 Å². The van der Waals surface area contributed by atoms with Gasteiger partial charge >= 0.3 is 0 Å². The molecule has 0 saturated heterocycles. The molecule has 0 aromatic heterocycles. The van der Waals surface area contributed by atoms with E-state index in [2.05, 4.69) is 19.2 Å². The molecule has 2 amide bonds. The zero-order valence-electron chi connectivity index (χ0n) is 18.6. The van der Waals surface area contributed by atoms with Gasteiger partial charge in [0.15, 0.2) is 0 Å². The van der Waals surface area contributed by atoms with Gasteiger partial charge in [-0.3, -0.25) is 9.59 Å². The molecule has 0 radical (unpaired) electrons. The highest BCUT2D eigenvalue weighted by molar-refractivity contribution is 6.30. The lowest BCUT2D eigenvalue weighted by molar-refractivity contribution is -0.141. The summed E-state index contributed by atoms with van der Waals surface area (Å²) in [5, 5.41) is 3.63. The van der Waals surface area contributed by atoms with Crippen molar-refractivity contribution in [3.05, 3.63) is 65.2 Å². The van der Waals surface area contributed by atoms with Crippen LogP contribution in [0, 0.1) is 5.92 Å². The Morgan fingerprint density at radius 1 is 1.06 bits per heavy atom.